The Bertz CT molecular complexity index is 490. The van der Waals surface area contributed by atoms with Crippen molar-refractivity contribution in [1.29, 1.82) is 0 Å². The van der Waals surface area contributed by atoms with E-state index < -0.39 is 5.54 Å². The second-order valence-electron chi connectivity index (χ2n) is 4.46. The molecule has 1 atom stereocenters. The molecule has 2 rings (SSSR count). The Kier molecular flexibility index (Phi) is 3.30. The molecule has 0 saturated carbocycles. The first-order valence-electron chi connectivity index (χ1n) is 5.87. The molecule has 0 aromatic heterocycles. The van der Waals surface area contributed by atoms with Gasteiger partial charge in [0.2, 0.25) is 0 Å². The Balaban J connectivity index is 2.52. The zero-order chi connectivity index (χ0) is 12.3. The first-order valence-corrected chi connectivity index (χ1v) is 5.87. The summed E-state index contributed by atoms with van der Waals surface area (Å²) in [7, 11) is 0. The summed E-state index contributed by atoms with van der Waals surface area (Å²) in [6.45, 7) is 6.10. The van der Waals surface area contributed by atoms with Crippen LogP contribution in [0.5, 0.6) is 0 Å². The minimum absolute atomic E-state index is 0.493. The maximum absolute atomic E-state index is 6.55. The molecular weight excluding hydrogens is 206 g/mol. The van der Waals surface area contributed by atoms with Crippen LogP contribution in [0.1, 0.15) is 23.1 Å². The predicted molar refractivity (Wildman–Crippen MR) is 72.6 cm³/mol. The van der Waals surface area contributed by atoms with E-state index in [1.807, 2.05) is 24.3 Å². The van der Waals surface area contributed by atoms with Gasteiger partial charge in [-0.05, 0) is 24.5 Å². The molecule has 0 aliphatic carbocycles. The van der Waals surface area contributed by atoms with E-state index in [0.717, 1.165) is 11.1 Å². The van der Waals surface area contributed by atoms with Gasteiger partial charge in [0.15, 0.2) is 0 Å². The molecule has 2 aromatic carbocycles. The lowest BCUT2D eigenvalue weighted by Crippen LogP contribution is -2.37. The van der Waals surface area contributed by atoms with Gasteiger partial charge in [-0.2, -0.15) is 0 Å². The summed E-state index contributed by atoms with van der Waals surface area (Å²) in [6.07, 6.45) is 0.639. The van der Waals surface area contributed by atoms with Crippen molar-refractivity contribution in [2.45, 2.75) is 18.9 Å². The fourth-order valence-electron chi connectivity index (χ4n) is 2.11. The van der Waals surface area contributed by atoms with Gasteiger partial charge in [0.1, 0.15) is 0 Å². The highest BCUT2D eigenvalue weighted by molar-refractivity contribution is 5.39. The lowest BCUT2D eigenvalue weighted by molar-refractivity contribution is 0.545. The van der Waals surface area contributed by atoms with E-state index in [-0.39, 0.29) is 0 Å². The first kappa shape index (κ1) is 11.9. The van der Waals surface area contributed by atoms with Crippen LogP contribution in [0.2, 0.25) is 0 Å². The summed E-state index contributed by atoms with van der Waals surface area (Å²) < 4.78 is 0. The molecule has 2 aromatic rings. The van der Waals surface area contributed by atoms with Crippen molar-refractivity contribution >= 4 is 0 Å². The third-order valence-electron chi connectivity index (χ3n) is 3.22. The van der Waals surface area contributed by atoms with Gasteiger partial charge in [-0.1, -0.05) is 67.1 Å². The Morgan fingerprint density at radius 3 is 2.24 bits per heavy atom. The predicted octanol–water partition coefficient (Wildman–Crippen LogP) is 3.42. The molecule has 0 heterocycles. The number of nitrogens with two attached hydrogens (primary N) is 1. The van der Waals surface area contributed by atoms with Crippen molar-refractivity contribution in [3.05, 3.63) is 78.2 Å². The second-order valence-corrected chi connectivity index (χ2v) is 4.46. The topological polar surface area (TPSA) is 26.0 Å². The van der Waals surface area contributed by atoms with E-state index in [4.69, 9.17) is 5.73 Å². The van der Waals surface area contributed by atoms with Crippen LogP contribution in [0.25, 0.3) is 0 Å². The smallest absolute Gasteiger partial charge is 0.0665 e. The Hall–Kier alpha value is -1.60. The normalized spacial score (nSPS) is 14.3. The van der Waals surface area contributed by atoms with Gasteiger partial charge in [-0.15, -0.1) is 0 Å². The molecule has 0 spiro atoms. The average molecular weight is 224 g/mol. The van der Waals surface area contributed by atoms with Crippen LogP contribution in [0.3, 0.4) is 0 Å². The lowest BCUT2D eigenvalue weighted by atomic mass is 9.81. The molecule has 0 amide bonds. The molecule has 0 fully saturated rings. The summed E-state index contributed by atoms with van der Waals surface area (Å²) in [4.78, 5) is 0. The lowest BCUT2D eigenvalue weighted by Gasteiger charge is -2.29. The molecule has 1 unspecified atom stereocenters. The van der Waals surface area contributed by atoms with Crippen LogP contribution in [0, 0.1) is 13.8 Å². The van der Waals surface area contributed by atoms with E-state index >= 15 is 0 Å². The number of rotatable bonds is 3. The minimum Gasteiger partial charge on any atom is -0.318 e. The highest BCUT2D eigenvalue weighted by Gasteiger charge is 2.27. The summed E-state index contributed by atoms with van der Waals surface area (Å²) in [5.41, 5.74) is 9.51. The van der Waals surface area contributed by atoms with Crippen molar-refractivity contribution in [3.8, 4) is 0 Å². The minimum atomic E-state index is -0.493. The summed E-state index contributed by atoms with van der Waals surface area (Å²) in [6, 6.07) is 18.5. The fraction of sp³-hybridized carbons (Fsp3) is 0.188. The summed E-state index contributed by atoms with van der Waals surface area (Å²) in [5, 5.41) is 0. The molecule has 0 bridgehead atoms. The zero-order valence-electron chi connectivity index (χ0n) is 10.2. The molecule has 17 heavy (non-hydrogen) atoms. The van der Waals surface area contributed by atoms with E-state index in [2.05, 4.69) is 44.2 Å². The van der Waals surface area contributed by atoms with Gasteiger partial charge < -0.3 is 5.73 Å². The van der Waals surface area contributed by atoms with Gasteiger partial charge in [0.05, 0.1) is 5.54 Å². The highest BCUT2D eigenvalue weighted by atomic mass is 14.7. The highest BCUT2D eigenvalue weighted by Crippen LogP contribution is 2.30. The summed E-state index contributed by atoms with van der Waals surface area (Å²) >= 11 is 0. The van der Waals surface area contributed by atoms with E-state index in [1.54, 1.807) is 0 Å². The molecule has 0 aliphatic rings. The quantitative estimate of drug-likeness (QED) is 0.849. The molecule has 87 valence electrons. The standard InChI is InChI=1S/C16H18N/c1-3-16(17,14-9-5-4-6-10-14)15-11-7-8-13(2)12-15/h4-12H,1,3,17H2,2H3. The maximum Gasteiger partial charge on any atom is 0.0665 e. The monoisotopic (exact) mass is 224 g/mol. The van der Waals surface area contributed by atoms with Crippen molar-refractivity contribution in [2.24, 2.45) is 5.73 Å². The fourth-order valence-corrected chi connectivity index (χ4v) is 2.11. The van der Waals surface area contributed by atoms with E-state index in [1.165, 1.54) is 5.56 Å². The molecule has 1 nitrogen and oxygen atoms in total. The van der Waals surface area contributed by atoms with Crippen molar-refractivity contribution in [3.63, 3.8) is 0 Å². The molecular formula is C16H18N. The largest absolute Gasteiger partial charge is 0.318 e. The Morgan fingerprint density at radius 2 is 1.65 bits per heavy atom. The average Bonchev–Trinajstić information content (AvgIpc) is 2.39. The molecule has 2 N–H and O–H groups in total. The van der Waals surface area contributed by atoms with Crippen LogP contribution in [0.15, 0.2) is 54.6 Å². The Morgan fingerprint density at radius 1 is 1.00 bits per heavy atom. The third-order valence-corrected chi connectivity index (χ3v) is 3.22. The van der Waals surface area contributed by atoms with Gasteiger partial charge in [-0.25, -0.2) is 0 Å². The molecule has 0 aliphatic heterocycles. The van der Waals surface area contributed by atoms with Crippen LogP contribution in [0.4, 0.5) is 0 Å². The van der Waals surface area contributed by atoms with Crippen LogP contribution < -0.4 is 5.73 Å². The molecule has 1 radical (unpaired) electrons. The molecule has 1 heteroatoms. The number of hydrogen-bond acceptors (Lipinski definition) is 1. The zero-order valence-corrected chi connectivity index (χ0v) is 10.2. The van der Waals surface area contributed by atoms with Crippen LogP contribution in [-0.4, -0.2) is 0 Å². The number of benzene rings is 2. The third kappa shape index (κ3) is 2.25. The van der Waals surface area contributed by atoms with Gasteiger partial charge in [-0.3, -0.25) is 0 Å². The van der Waals surface area contributed by atoms with Crippen LogP contribution >= 0.6 is 0 Å². The van der Waals surface area contributed by atoms with Crippen molar-refractivity contribution in [2.75, 3.05) is 0 Å². The van der Waals surface area contributed by atoms with Crippen LogP contribution in [-0.2, 0) is 5.54 Å². The second kappa shape index (κ2) is 4.72. The SMILES string of the molecule is [CH2]CC(N)(c1ccccc1)c1cccc(C)c1. The van der Waals surface area contributed by atoms with E-state index in [0.29, 0.717) is 6.42 Å². The molecule has 0 saturated heterocycles. The number of aryl methyl sites for hydroxylation is 1. The Labute approximate surface area is 103 Å². The van der Waals surface area contributed by atoms with Gasteiger partial charge in [0, 0.05) is 0 Å². The van der Waals surface area contributed by atoms with Gasteiger partial charge >= 0.3 is 0 Å². The van der Waals surface area contributed by atoms with Crippen molar-refractivity contribution in [1.82, 2.24) is 0 Å². The first-order chi connectivity index (χ1) is 8.16. The number of hydrogen-bond donors (Lipinski definition) is 1. The van der Waals surface area contributed by atoms with E-state index in [9.17, 15) is 0 Å². The van der Waals surface area contributed by atoms with Gasteiger partial charge in [0.25, 0.3) is 0 Å². The maximum atomic E-state index is 6.55. The summed E-state index contributed by atoms with van der Waals surface area (Å²) in [5.74, 6) is 0. The van der Waals surface area contributed by atoms with Crippen molar-refractivity contribution < 1.29 is 0 Å².